The fourth-order valence-corrected chi connectivity index (χ4v) is 3.23. The topological polar surface area (TPSA) is 71.4 Å². The van der Waals surface area contributed by atoms with Gasteiger partial charge in [-0.05, 0) is 26.0 Å². The summed E-state index contributed by atoms with van der Waals surface area (Å²) in [5.74, 6) is 2.12. The standard InChI is InChI=1S/C19H23N5O2/c1-14-4-3-5-16(10-14)19-21-20-18(25-19)13-24-8-6-23(7-9-24)12-17-11-15(2)26-22-17/h3-5,10-11H,6-9,12-13H2,1-2H3. The average molecular weight is 353 g/mol. The average Bonchev–Trinajstić information content (AvgIpc) is 3.26. The van der Waals surface area contributed by atoms with Crippen molar-refractivity contribution in [2.45, 2.75) is 26.9 Å². The van der Waals surface area contributed by atoms with Crippen LogP contribution in [-0.2, 0) is 13.1 Å². The number of piperazine rings is 1. The molecule has 0 unspecified atom stereocenters. The highest BCUT2D eigenvalue weighted by molar-refractivity contribution is 5.53. The summed E-state index contributed by atoms with van der Waals surface area (Å²) < 4.78 is 11.0. The van der Waals surface area contributed by atoms with Crippen LogP contribution in [0.3, 0.4) is 0 Å². The normalized spacial score (nSPS) is 16.2. The summed E-state index contributed by atoms with van der Waals surface area (Å²) in [7, 11) is 0. The van der Waals surface area contributed by atoms with E-state index in [0.29, 0.717) is 18.3 Å². The van der Waals surface area contributed by atoms with Crippen molar-refractivity contribution >= 4 is 0 Å². The van der Waals surface area contributed by atoms with Gasteiger partial charge in [0.2, 0.25) is 11.8 Å². The fourth-order valence-electron chi connectivity index (χ4n) is 3.23. The van der Waals surface area contributed by atoms with E-state index in [4.69, 9.17) is 8.94 Å². The Morgan fingerprint density at radius 3 is 2.42 bits per heavy atom. The Bertz CT molecular complexity index is 864. The first-order chi connectivity index (χ1) is 12.7. The predicted octanol–water partition coefficient (Wildman–Crippen LogP) is 2.66. The zero-order valence-corrected chi connectivity index (χ0v) is 15.2. The van der Waals surface area contributed by atoms with Gasteiger partial charge < -0.3 is 8.94 Å². The van der Waals surface area contributed by atoms with Crippen LogP contribution in [-0.4, -0.2) is 51.3 Å². The van der Waals surface area contributed by atoms with Gasteiger partial charge >= 0.3 is 0 Å². The van der Waals surface area contributed by atoms with E-state index in [9.17, 15) is 0 Å². The van der Waals surface area contributed by atoms with Crippen LogP contribution in [0.2, 0.25) is 0 Å². The van der Waals surface area contributed by atoms with E-state index in [2.05, 4.69) is 44.2 Å². The van der Waals surface area contributed by atoms with Crippen molar-refractivity contribution in [3.05, 3.63) is 53.2 Å². The van der Waals surface area contributed by atoms with Crippen molar-refractivity contribution in [3.63, 3.8) is 0 Å². The minimum Gasteiger partial charge on any atom is -0.419 e. The maximum atomic E-state index is 5.85. The van der Waals surface area contributed by atoms with Crippen molar-refractivity contribution in [2.75, 3.05) is 26.2 Å². The number of rotatable bonds is 5. The lowest BCUT2D eigenvalue weighted by atomic mass is 10.1. The second kappa shape index (κ2) is 7.39. The maximum absolute atomic E-state index is 5.85. The monoisotopic (exact) mass is 353 g/mol. The van der Waals surface area contributed by atoms with Crippen LogP contribution >= 0.6 is 0 Å². The molecule has 7 heteroatoms. The van der Waals surface area contributed by atoms with Crippen molar-refractivity contribution in [3.8, 4) is 11.5 Å². The highest BCUT2D eigenvalue weighted by Gasteiger charge is 2.20. The summed E-state index contributed by atoms with van der Waals surface area (Å²) >= 11 is 0. The second-order valence-corrected chi connectivity index (χ2v) is 6.85. The Labute approximate surface area is 152 Å². The molecule has 0 radical (unpaired) electrons. The summed E-state index contributed by atoms with van der Waals surface area (Å²) in [6.45, 7) is 9.43. The van der Waals surface area contributed by atoms with E-state index in [-0.39, 0.29) is 0 Å². The van der Waals surface area contributed by atoms with Gasteiger partial charge in [0, 0.05) is 44.4 Å². The molecule has 1 aliphatic heterocycles. The molecule has 1 fully saturated rings. The lowest BCUT2D eigenvalue weighted by Crippen LogP contribution is -2.45. The largest absolute Gasteiger partial charge is 0.419 e. The Hall–Kier alpha value is -2.51. The minimum atomic E-state index is 0.587. The van der Waals surface area contributed by atoms with Gasteiger partial charge in [0.1, 0.15) is 5.76 Å². The molecule has 3 aromatic rings. The van der Waals surface area contributed by atoms with Crippen molar-refractivity contribution < 1.29 is 8.94 Å². The van der Waals surface area contributed by atoms with Gasteiger partial charge in [0.15, 0.2) is 0 Å². The molecule has 1 aliphatic rings. The predicted molar refractivity (Wildman–Crippen MR) is 96.3 cm³/mol. The minimum absolute atomic E-state index is 0.587. The van der Waals surface area contributed by atoms with Gasteiger partial charge in [-0.1, -0.05) is 22.9 Å². The van der Waals surface area contributed by atoms with Crippen molar-refractivity contribution in [1.29, 1.82) is 0 Å². The van der Waals surface area contributed by atoms with Crippen LogP contribution < -0.4 is 0 Å². The first kappa shape index (κ1) is 16.9. The molecule has 4 rings (SSSR count). The summed E-state index contributed by atoms with van der Waals surface area (Å²) in [6, 6.07) is 10.1. The van der Waals surface area contributed by atoms with Crippen LogP contribution in [0.5, 0.6) is 0 Å². The van der Waals surface area contributed by atoms with Crippen LogP contribution in [0.1, 0.15) is 22.9 Å². The second-order valence-electron chi connectivity index (χ2n) is 6.85. The third kappa shape index (κ3) is 4.00. The summed E-state index contributed by atoms with van der Waals surface area (Å²) in [5, 5.41) is 12.5. The molecule has 26 heavy (non-hydrogen) atoms. The first-order valence-electron chi connectivity index (χ1n) is 8.92. The van der Waals surface area contributed by atoms with Gasteiger partial charge in [-0.15, -0.1) is 10.2 Å². The molecule has 1 aromatic carbocycles. The molecule has 0 saturated carbocycles. The Kier molecular flexibility index (Phi) is 4.81. The highest BCUT2D eigenvalue weighted by Crippen LogP contribution is 2.20. The molecule has 136 valence electrons. The lowest BCUT2D eigenvalue weighted by Gasteiger charge is -2.33. The Morgan fingerprint density at radius 2 is 1.73 bits per heavy atom. The molecule has 1 saturated heterocycles. The maximum Gasteiger partial charge on any atom is 0.247 e. The fraction of sp³-hybridized carbons (Fsp3) is 0.421. The van der Waals surface area contributed by atoms with E-state index >= 15 is 0 Å². The van der Waals surface area contributed by atoms with Crippen LogP contribution in [0, 0.1) is 13.8 Å². The number of hydrogen-bond acceptors (Lipinski definition) is 7. The summed E-state index contributed by atoms with van der Waals surface area (Å²) in [4.78, 5) is 4.73. The molecule has 2 aromatic heterocycles. The molecule has 3 heterocycles. The van der Waals surface area contributed by atoms with Gasteiger partial charge in [0.25, 0.3) is 0 Å². The number of benzene rings is 1. The van der Waals surface area contributed by atoms with Crippen molar-refractivity contribution in [2.24, 2.45) is 0 Å². The smallest absolute Gasteiger partial charge is 0.247 e. The molecule has 0 atom stereocenters. The number of aromatic nitrogens is 3. The van der Waals surface area contributed by atoms with E-state index in [1.54, 1.807) is 0 Å². The third-order valence-electron chi connectivity index (χ3n) is 4.62. The quantitative estimate of drug-likeness (QED) is 0.698. The van der Waals surface area contributed by atoms with Crippen LogP contribution in [0.25, 0.3) is 11.5 Å². The Morgan fingerprint density at radius 1 is 0.962 bits per heavy atom. The number of nitrogens with zero attached hydrogens (tertiary/aromatic N) is 5. The van der Waals surface area contributed by atoms with Gasteiger partial charge in [-0.2, -0.15) is 0 Å². The zero-order valence-electron chi connectivity index (χ0n) is 15.2. The third-order valence-corrected chi connectivity index (χ3v) is 4.62. The Balaban J connectivity index is 1.30. The van der Waals surface area contributed by atoms with E-state index < -0.39 is 0 Å². The summed E-state index contributed by atoms with van der Waals surface area (Å²) in [5.41, 5.74) is 3.15. The lowest BCUT2D eigenvalue weighted by molar-refractivity contribution is 0.113. The molecule has 0 spiro atoms. The van der Waals surface area contributed by atoms with E-state index in [1.165, 1.54) is 5.56 Å². The summed E-state index contributed by atoms with van der Waals surface area (Å²) in [6.07, 6.45) is 0. The first-order valence-corrected chi connectivity index (χ1v) is 8.92. The SMILES string of the molecule is Cc1cccc(-c2nnc(CN3CCN(Cc4cc(C)on4)CC3)o2)c1. The molecule has 7 nitrogen and oxygen atoms in total. The van der Waals surface area contributed by atoms with Gasteiger partial charge in [0.05, 0.1) is 12.2 Å². The van der Waals surface area contributed by atoms with Gasteiger partial charge in [-0.25, -0.2) is 0 Å². The van der Waals surface area contributed by atoms with Gasteiger partial charge in [-0.3, -0.25) is 9.80 Å². The molecule has 0 N–H and O–H groups in total. The molecular formula is C19H23N5O2. The van der Waals surface area contributed by atoms with Crippen molar-refractivity contribution in [1.82, 2.24) is 25.2 Å². The molecule has 0 bridgehead atoms. The van der Waals surface area contributed by atoms with E-state index in [0.717, 1.165) is 49.7 Å². The zero-order chi connectivity index (χ0) is 17.9. The molecule has 0 amide bonds. The highest BCUT2D eigenvalue weighted by atomic mass is 16.5. The molecule has 0 aliphatic carbocycles. The molecular weight excluding hydrogens is 330 g/mol. The number of aryl methyl sites for hydroxylation is 2. The van der Waals surface area contributed by atoms with Crippen LogP contribution in [0.4, 0.5) is 0 Å². The van der Waals surface area contributed by atoms with E-state index in [1.807, 2.05) is 25.1 Å². The number of hydrogen-bond donors (Lipinski definition) is 0. The van der Waals surface area contributed by atoms with Crippen LogP contribution in [0.15, 0.2) is 39.3 Å².